The molecule has 8 heteroatoms. The number of piperidine rings is 1. The van der Waals surface area contributed by atoms with E-state index in [1.54, 1.807) is 7.05 Å². The highest BCUT2D eigenvalue weighted by Crippen LogP contribution is 2.52. The molecule has 0 spiro atoms. The molecule has 2 saturated heterocycles. The number of aliphatic hydroxyl groups excluding tert-OH is 2. The van der Waals surface area contributed by atoms with Crippen molar-refractivity contribution in [1.82, 2.24) is 10.6 Å². The van der Waals surface area contributed by atoms with E-state index >= 15 is 0 Å². The van der Waals surface area contributed by atoms with Gasteiger partial charge in [-0.15, -0.1) is 0 Å². The first-order valence-corrected chi connectivity index (χ1v) is 8.99. The lowest BCUT2D eigenvalue weighted by Crippen LogP contribution is -2.47. The Bertz CT molecular complexity index is 537. The molecule has 1 aliphatic carbocycles. The molecule has 2 heterocycles. The normalized spacial score (nSPS) is 45.2. The maximum atomic E-state index is 12.9. The summed E-state index contributed by atoms with van der Waals surface area (Å²) in [5.41, 5.74) is 0. The highest BCUT2D eigenvalue weighted by molar-refractivity contribution is 7.93. The van der Waals surface area contributed by atoms with Gasteiger partial charge in [0.2, 0.25) is 5.91 Å². The summed E-state index contributed by atoms with van der Waals surface area (Å²) in [6, 6.07) is -0.347. The molecule has 7 atom stereocenters. The van der Waals surface area contributed by atoms with Gasteiger partial charge in [-0.05, 0) is 25.8 Å². The van der Waals surface area contributed by atoms with Crippen LogP contribution in [-0.2, 0) is 14.6 Å². The molecule has 1 saturated carbocycles. The van der Waals surface area contributed by atoms with E-state index in [0.29, 0.717) is 13.0 Å². The van der Waals surface area contributed by atoms with E-state index in [9.17, 15) is 18.3 Å². The number of hydrogen-bond acceptors (Lipinski definition) is 6. The highest BCUT2D eigenvalue weighted by atomic mass is 32.2. The van der Waals surface area contributed by atoms with Gasteiger partial charge in [0.15, 0.2) is 9.84 Å². The van der Waals surface area contributed by atoms with Crippen LogP contribution in [0.15, 0.2) is 0 Å². The van der Waals surface area contributed by atoms with E-state index in [1.165, 1.54) is 0 Å². The van der Waals surface area contributed by atoms with Crippen molar-refractivity contribution in [3.8, 4) is 0 Å². The molecule has 3 aliphatic rings. The van der Waals surface area contributed by atoms with E-state index in [1.807, 2.05) is 0 Å². The predicted molar refractivity (Wildman–Crippen MR) is 75.1 cm³/mol. The largest absolute Gasteiger partial charge is 0.394 e. The number of rotatable bonds is 4. The molecule has 2 unspecified atom stereocenters. The molecular weight excluding hydrogens is 296 g/mol. The number of carbonyl (C=O) groups excluding carboxylic acids is 1. The molecular formula is C13H22N2O5S. The minimum absolute atomic E-state index is 0.0123. The SMILES string of the molecule is CN[C@@H]1C2C([C@@H]3CNC(=O)[C@H]2C3)S(=O)(=O)[C@H]1C[C@H](O)CO. The van der Waals surface area contributed by atoms with E-state index in [-0.39, 0.29) is 36.1 Å². The van der Waals surface area contributed by atoms with Gasteiger partial charge < -0.3 is 20.8 Å². The second kappa shape index (κ2) is 5.19. The standard InChI is InChI=1S/C13H22N2O5S/c1-14-11-9(3-7(17)5-16)21(19,20)12-6-2-8(10(11)12)13(18)15-4-6/h6-12,14,16-17H,2-5H2,1H3,(H,15,18)/t6-,7-,8-,9-,10?,11-,12?/m0/s1. The summed E-state index contributed by atoms with van der Waals surface area (Å²) in [7, 11) is -1.74. The van der Waals surface area contributed by atoms with Crippen molar-refractivity contribution in [2.45, 2.75) is 35.5 Å². The van der Waals surface area contributed by atoms with Crippen molar-refractivity contribution in [3.05, 3.63) is 0 Å². The Labute approximate surface area is 124 Å². The monoisotopic (exact) mass is 318 g/mol. The Morgan fingerprint density at radius 3 is 2.81 bits per heavy atom. The van der Waals surface area contributed by atoms with E-state index in [0.717, 1.165) is 0 Å². The van der Waals surface area contributed by atoms with Gasteiger partial charge in [0.25, 0.3) is 0 Å². The molecule has 3 rings (SSSR count). The third-order valence-corrected chi connectivity index (χ3v) is 8.19. The first-order chi connectivity index (χ1) is 9.91. The molecule has 7 nitrogen and oxygen atoms in total. The van der Waals surface area contributed by atoms with Crippen LogP contribution < -0.4 is 10.6 Å². The van der Waals surface area contributed by atoms with E-state index < -0.39 is 33.0 Å². The summed E-state index contributed by atoms with van der Waals surface area (Å²) < 4.78 is 25.7. The Kier molecular flexibility index (Phi) is 3.76. The van der Waals surface area contributed by atoms with Crippen molar-refractivity contribution in [1.29, 1.82) is 0 Å². The third kappa shape index (κ3) is 2.11. The molecule has 21 heavy (non-hydrogen) atoms. The lowest BCUT2D eigenvalue weighted by Gasteiger charge is -2.29. The Morgan fingerprint density at radius 2 is 2.19 bits per heavy atom. The zero-order valence-electron chi connectivity index (χ0n) is 11.9. The van der Waals surface area contributed by atoms with Gasteiger partial charge in [-0.2, -0.15) is 0 Å². The zero-order valence-corrected chi connectivity index (χ0v) is 12.7. The van der Waals surface area contributed by atoms with Crippen molar-refractivity contribution >= 4 is 15.7 Å². The number of sulfone groups is 1. The molecule has 3 fully saturated rings. The van der Waals surface area contributed by atoms with Crippen LogP contribution in [0.1, 0.15) is 12.8 Å². The maximum Gasteiger partial charge on any atom is 0.223 e. The van der Waals surface area contributed by atoms with E-state index in [2.05, 4.69) is 10.6 Å². The molecule has 2 aliphatic heterocycles. The van der Waals surface area contributed by atoms with Gasteiger partial charge in [-0.1, -0.05) is 0 Å². The second-order valence-corrected chi connectivity index (χ2v) is 8.73. The second-order valence-electron chi connectivity index (χ2n) is 6.40. The number of fused-ring (bicyclic) bond motifs is 5. The number of hydrogen-bond donors (Lipinski definition) is 4. The van der Waals surface area contributed by atoms with Gasteiger partial charge >= 0.3 is 0 Å². The number of nitrogens with one attached hydrogen (secondary N) is 2. The third-order valence-electron chi connectivity index (χ3n) is 5.41. The topological polar surface area (TPSA) is 116 Å². The van der Waals surface area contributed by atoms with Crippen LogP contribution in [0.25, 0.3) is 0 Å². The summed E-state index contributed by atoms with van der Waals surface area (Å²) >= 11 is 0. The molecule has 0 aromatic rings. The van der Waals surface area contributed by atoms with Crippen LogP contribution in [0, 0.1) is 17.8 Å². The average Bonchev–Trinajstić information content (AvgIpc) is 2.88. The molecule has 1 amide bonds. The smallest absolute Gasteiger partial charge is 0.223 e. The molecule has 2 bridgehead atoms. The lowest BCUT2D eigenvalue weighted by atomic mass is 9.85. The highest BCUT2D eigenvalue weighted by Gasteiger charge is 2.65. The van der Waals surface area contributed by atoms with Gasteiger partial charge in [0.05, 0.1) is 23.2 Å². The lowest BCUT2D eigenvalue weighted by molar-refractivity contribution is -0.127. The Hall–Kier alpha value is -0.700. The van der Waals surface area contributed by atoms with E-state index in [4.69, 9.17) is 5.11 Å². The van der Waals surface area contributed by atoms with Crippen LogP contribution >= 0.6 is 0 Å². The first-order valence-electron chi connectivity index (χ1n) is 7.38. The minimum Gasteiger partial charge on any atom is -0.394 e. The van der Waals surface area contributed by atoms with Crippen molar-refractivity contribution in [3.63, 3.8) is 0 Å². The number of aliphatic hydroxyl groups is 2. The Balaban J connectivity index is 1.97. The van der Waals surface area contributed by atoms with Crippen LogP contribution in [0.4, 0.5) is 0 Å². The first kappa shape index (κ1) is 15.2. The average molecular weight is 318 g/mol. The van der Waals surface area contributed by atoms with Crippen LogP contribution in [0.2, 0.25) is 0 Å². The van der Waals surface area contributed by atoms with Gasteiger partial charge in [-0.25, -0.2) is 8.42 Å². The fraction of sp³-hybridized carbons (Fsp3) is 0.923. The van der Waals surface area contributed by atoms with Crippen molar-refractivity contribution < 1.29 is 23.4 Å². The molecule has 0 radical (unpaired) electrons. The summed E-state index contributed by atoms with van der Waals surface area (Å²) in [5, 5.41) is 23.3. The summed E-state index contributed by atoms with van der Waals surface area (Å²) in [6.45, 7) is -0.0352. The quantitative estimate of drug-likeness (QED) is 0.470. The molecule has 4 N–H and O–H groups in total. The van der Waals surface area contributed by atoms with Crippen molar-refractivity contribution in [2.75, 3.05) is 20.2 Å². The summed E-state index contributed by atoms with van der Waals surface area (Å²) in [4.78, 5) is 12.0. The fourth-order valence-corrected chi connectivity index (χ4v) is 7.76. The zero-order chi connectivity index (χ0) is 15.4. The molecule has 0 aromatic carbocycles. The minimum atomic E-state index is -3.43. The maximum absolute atomic E-state index is 12.9. The van der Waals surface area contributed by atoms with Crippen LogP contribution in [-0.4, -0.2) is 67.4 Å². The van der Waals surface area contributed by atoms with Crippen molar-refractivity contribution in [2.24, 2.45) is 17.8 Å². The predicted octanol–water partition coefficient (Wildman–Crippen LogP) is -2.13. The number of carbonyl (C=O) groups is 1. The number of amides is 1. The molecule has 0 aromatic heterocycles. The van der Waals surface area contributed by atoms with Crippen LogP contribution in [0.3, 0.4) is 0 Å². The van der Waals surface area contributed by atoms with Gasteiger partial charge in [0.1, 0.15) is 0 Å². The van der Waals surface area contributed by atoms with Gasteiger partial charge in [-0.3, -0.25) is 4.79 Å². The Morgan fingerprint density at radius 1 is 1.48 bits per heavy atom. The van der Waals surface area contributed by atoms with Gasteiger partial charge in [0, 0.05) is 24.4 Å². The fourth-order valence-electron chi connectivity index (χ4n) is 4.60. The van der Waals surface area contributed by atoms with Crippen LogP contribution in [0.5, 0.6) is 0 Å². The summed E-state index contributed by atoms with van der Waals surface area (Å²) in [5.74, 6) is -0.590. The summed E-state index contributed by atoms with van der Waals surface area (Å²) in [6.07, 6.45) is -0.403. The molecule has 120 valence electrons.